The Hall–Kier alpha value is 0.714. The van der Waals surface area contributed by atoms with Gasteiger partial charge < -0.3 is 0 Å². The molecule has 0 aliphatic carbocycles. The van der Waals surface area contributed by atoms with Crippen molar-refractivity contribution < 1.29 is 41.3 Å². The second-order valence-corrected chi connectivity index (χ2v) is 5.12. The summed E-state index contributed by atoms with van der Waals surface area (Å²) in [5, 5.41) is 0. The first-order valence-corrected chi connectivity index (χ1v) is 5.74. The molecule has 1 aromatic rings. The van der Waals surface area contributed by atoms with Gasteiger partial charge in [0.1, 0.15) is 0 Å². The molecule has 0 atom stereocenters. The van der Waals surface area contributed by atoms with Gasteiger partial charge in [-0.25, -0.2) is 6.07 Å². The molecule has 0 saturated carbocycles. The van der Waals surface area contributed by atoms with Crippen molar-refractivity contribution in [1.82, 2.24) is 0 Å². The first-order chi connectivity index (χ1) is 6.45. The maximum atomic E-state index is 2.31. The second kappa shape index (κ2) is 6.45. The molecule has 0 fully saturated rings. The molecule has 0 N–H and O–H groups in total. The van der Waals surface area contributed by atoms with Gasteiger partial charge >= 0.3 is 0 Å². The molecule has 1 radical (unpaired) electrons. The molecule has 0 saturated heterocycles. The zero-order chi connectivity index (χ0) is 10.9. The minimum Gasteiger partial charge on any atom is -0.210 e. The summed E-state index contributed by atoms with van der Waals surface area (Å²) >= 11 is 0. The number of hydrogen-bond donors (Lipinski definition) is 0. The van der Waals surface area contributed by atoms with Gasteiger partial charge in [-0.05, 0) is 5.92 Å². The van der Waals surface area contributed by atoms with E-state index < -0.39 is 0 Å². The van der Waals surface area contributed by atoms with Gasteiger partial charge in [0.2, 0.25) is 0 Å². The van der Waals surface area contributed by atoms with Crippen LogP contribution in [0.5, 0.6) is 0 Å². The van der Waals surface area contributed by atoms with Crippen LogP contribution in [0.25, 0.3) is 0 Å². The van der Waals surface area contributed by atoms with E-state index in [9.17, 15) is 0 Å². The molecule has 0 heterocycles. The van der Waals surface area contributed by atoms with Crippen LogP contribution >= 0.6 is 0 Å². The van der Waals surface area contributed by atoms with E-state index in [-0.39, 0.29) is 41.3 Å². The molecule has 1 rings (SSSR count). The quantitative estimate of drug-likeness (QED) is 0.699. The fourth-order valence-electron chi connectivity index (χ4n) is 2.20. The standard InChI is InChI=1S/C14H23.Pr/c1-9(2)12-7-8-13(10(3)4)14(12)11(5)6;/h7-11H,1-6H3;/q-1;. The Balaban J connectivity index is 0.00000196. The first kappa shape index (κ1) is 15.7. The predicted octanol–water partition coefficient (Wildman–Crippen LogP) is 4.78. The number of rotatable bonds is 3. The van der Waals surface area contributed by atoms with Gasteiger partial charge in [0.15, 0.2) is 0 Å². The van der Waals surface area contributed by atoms with Crippen LogP contribution in [0.15, 0.2) is 12.1 Å². The van der Waals surface area contributed by atoms with Crippen molar-refractivity contribution in [3.05, 3.63) is 28.8 Å². The van der Waals surface area contributed by atoms with Gasteiger partial charge in [-0.1, -0.05) is 53.4 Å². The topological polar surface area (TPSA) is 0 Å². The summed E-state index contributed by atoms with van der Waals surface area (Å²) in [5.74, 6) is 1.96. The minimum atomic E-state index is 0. The summed E-state index contributed by atoms with van der Waals surface area (Å²) in [6, 6.07) is 4.63. The summed E-state index contributed by atoms with van der Waals surface area (Å²) < 4.78 is 0. The van der Waals surface area contributed by atoms with Gasteiger partial charge in [-0.15, -0.1) is 0 Å². The second-order valence-electron chi connectivity index (χ2n) is 5.12. The molecule has 0 unspecified atom stereocenters. The Kier molecular flexibility index (Phi) is 6.76. The zero-order valence-electron chi connectivity index (χ0n) is 11.0. The van der Waals surface area contributed by atoms with Crippen molar-refractivity contribution in [2.75, 3.05) is 0 Å². The molecule has 0 spiro atoms. The van der Waals surface area contributed by atoms with Gasteiger partial charge in [-0.3, -0.25) is 0 Å². The third-order valence-corrected chi connectivity index (χ3v) is 2.89. The minimum absolute atomic E-state index is 0. The van der Waals surface area contributed by atoms with E-state index in [2.05, 4.69) is 53.7 Å². The predicted molar refractivity (Wildman–Crippen MR) is 64.3 cm³/mol. The van der Waals surface area contributed by atoms with Crippen molar-refractivity contribution >= 4 is 0 Å². The molecule has 0 aliphatic heterocycles. The summed E-state index contributed by atoms with van der Waals surface area (Å²) in [7, 11) is 0. The van der Waals surface area contributed by atoms with E-state index in [1.807, 2.05) is 0 Å². The van der Waals surface area contributed by atoms with E-state index in [1.165, 1.54) is 0 Å². The van der Waals surface area contributed by atoms with Gasteiger partial charge in [-0.2, -0.15) is 22.8 Å². The fourth-order valence-corrected chi connectivity index (χ4v) is 2.20. The SMILES string of the molecule is CC(C)c1cc[c-](C(C)C)c1C(C)C.[Pr]. The van der Waals surface area contributed by atoms with Crippen LogP contribution in [0, 0.1) is 41.3 Å². The van der Waals surface area contributed by atoms with Gasteiger partial charge in [0, 0.05) is 41.3 Å². The average molecular weight is 332 g/mol. The molecule has 1 aromatic carbocycles. The molecule has 1 heteroatoms. The maximum absolute atomic E-state index is 2.31. The number of hydrogen-bond acceptors (Lipinski definition) is 0. The van der Waals surface area contributed by atoms with Crippen LogP contribution < -0.4 is 0 Å². The van der Waals surface area contributed by atoms with Crippen molar-refractivity contribution in [3.63, 3.8) is 0 Å². The monoisotopic (exact) mass is 332 g/mol. The van der Waals surface area contributed by atoms with E-state index in [1.54, 1.807) is 16.7 Å². The van der Waals surface area contributed by atoms with E-state index >= 15 is 0 Å². The summed E-state index contributed by atoms with van der Waals surface area (Å²) in [6.45, 7) is 13.7. The molecule has 0 aromatic heterocycles. The zero-order valence-corrected chi connectivity index (χ0v) is 14.7. The summed E-state index contributed by atoms with van der Waals surface area (Å²) in [5.41, 5.74) is 4.68. The van der Waals surface area contributed by atoms with E-state index in [0.29, 0.717) is 17.8 Å². The first-order valence-electron chi connectivity index (χ1n) is 5.74. The van der Waals surface area contributed by atoms with Crippen LogP contribution in [0.3, 0.4) is 0 Å². The molecule has 83 valence electrons. The summed E-state index contributed by atoms with van der Waals surface area (Å²) in [4.78, 5) is 0. The van der Waals surface area contributed by atoms with Crippen molar-refractivity contribution in [2.45, 2.75) is 59.3 Å². The van der Waals surface area contributed by atoms with Crippen LogP contribution in [-0.4, -0.2) is 0 Å². The molecule has 0 aliphatic rings. The Morgan fingerprint density at radius 1 is 0.933 bits per heavy atom. The molecular formula is C14H23Pr-. The Bertz CT molecular complexity index is 267. The average Bonchev–Trinajstić information content (AvgIpc) is 2.46. The smallest absolute Gasteiger partial charge is 0 e. The van der Waals surface area contributed by atoms with Crippen molar-refractivity contribution in [1.29, 1.82) is 0 Å². The maximum Gasteiger partial charge on any atom is 0 e. The van der Waals surface area contributed by atoms with Crippen molar-refractivity contribution in [3.8, 4) is 0 Å². The molecular weight excluding hydrogens is 309 g/mol. The largest absolute Gasteiger partial charge is 0.210 e. The van der Waals surface area contributed by atoms with E-state index in [0.717, 1.165) is 0 Å². The Labute approximate surface area is 128 Å². The molecule has 0 amide bonds. The van der Waals surface area contributed by atoms with Crippen molar-refractivity contribution in [2.24, 2.45) is 0 Å². The van der Waals surface area contributed by atoms with E-state index in [4.69, 9.17) is 0 Å². The van der Waals surface area contributed by atoms with Crippen LogP contribution in [0.4, 0.5) is 0 Å². The van der Waals surface area contributed by atoms with Crippen LogP contribution in [0.2, 0.25) is 0 Å². The molecule has 0 nitrogen and oxygen atoms in total. The normalized spacial score (nSPS) is 11.3. The van der Waals surface area contributed by atoms with Crippen LogP contribution in [-0.2, 0) is 0 Å². The molecule has 15 heavy (non-hydrogen) atoms. The summed E-state index contributed by atoms with van der Waals surface area (Å²) in [6.07, 6.45) is 0. The van der Waals surface area contributed by atoms with Gasteiger partial charge in [0.05, 0.1) is 0 Å². The van der Waals surface area contributed by atoms with Gasteiger partial charge in [0.25, 0.3) is 0 Å². The Morgan fingerprint density at radius 3 is 1.80 bits per heavy atom. The van der Waals surface area contributed by atoms with Crippen LogP contribution in [0.1, 0.15) is 76.0 Å². The third-order valence-electron chi connectivity index (χ3n) is 2.89. The molecule has 0 bridgehead atoms. The third kappa shape index (κ3) is 3.60. The Morgan fingerprint density at radius 2 is 1.47 bits per heavy atom. The fraction of sp³-hybridized carbons (Fsp3) is 0.643.